The molecule has 0 bridgehead atoms. The Morgan fingerprint density at radius 3 is 2.73 bits per heavy atom. The maximum Gasteiger partial charge on any atom is 0.0542 e. The standard InChI is InChI=1S/C11H15Cl2NS/c1-2-9(5-6-14)15-11-7-8(12)3-4-10(11)13/h3-4,7,9H,2,5-6,14H2,1H3. The van der Waals surface area contributed by atoms with E-state index in [1.54, 1.807) is 17.8 Å². The maximum absolute atomic E-state index is 6.09. The van der Waals surface area contributed by atoms with Crippen LogP contribution in [0.4, 0.5) is 0 Å². The van der Waals surface area contributed by atoms with Crippen LogP contribution in [0.3, 0.4) is 0 Å². The van der Waals surface area contributed by atoms with Crippen molar-refractivity contribution in [1.29, 1.82) is 0 Å². The lowest BCUT2D eigenvalue weighted by Gasteiger charge is -2.14. The summed E-state index contributed by atoms with van der Waals surface area (Å²) in [6, 6.07) is 5.55. The summed E-state index contributed by atoms with van der Waals surface area (Å²) >= 11 is 13.8. The Bertz CT molecular complexity index is 317. The van der Waals surface area contributed by atoms with Crippen LogP contribution in [0.1, 0.15) is 19.8 Å². The normalized spacial score (nSPS) is 12.8. The minimum absolute atomic E-state index is 0.519. The number of halogens is 2. The van der Waals surface area contributed by atoms with E-state index in [4.69, 9.17) is 28.9 Å². The van der Waals surface area contributed by atoms with Crippen molar-refractivity contribution in [3.8, 4) is 0 Å². The lowest BCUT2D eigenvalue weighted by atomic mass is 10.2. The van der Waals surface area contributed by atoms with E-state index in [1.807, 2.05) is 12.1 Å². The molecule has 1 atom stereocenters. The Balaban J connectivity index is 2.73. The highest BCUT2D eigenvalue weighted by Gasteiger charge is 2.10. The first-order chi connectivity index (χ1) is 7.17. The van der Waals surface area contributed by atoms with Crippen molar-refractivity contribution >= 4 is 35.0 Å². The summed E-state index contributed by atoms with van der Waals surface area (Å²) in [5.41, 5.74) is 5.55. The van der Waals surface area contributed by atoms with Gasteiger partial charge in [0.2, 0.25) is 0 Å². The highest BCUT2D eigenvalue weighted by molar-refractivity contribution is 8.00. The first-order valence-electron chi connectivity index (χ1n) is 4.99. The number of nitrogens with two attached hydrogens (primary N) is 1. The molecule has 1 aromatic carbocycles. The van der Waals surface area contributed by atoms with Crippen LogP contribution in [0, 0.1) is 0 Å². The first-order valence-corrected chi connectivity index (χ1v) is 6.62. The second kappa shape index (κ2) is 6.64. The van der Waals surface area contributed by atoms with E-state index in [1.165, 1.54) is 0 Å². The number of rotatable bonds is 5. The molecule has 4 heteroatoms. The van der Waals surface area contributed by atoms with E-state index < -0.39 is 0 Å². The van der Waals surface area contributed by atoms with E-state index in [0.29, 0.717) is 11.8 Å². The van der Waals surface area contributed by atoms with Crippen molar-refractivity contribution in [2.45, 2.75) is 29.9 Å². The molecule has 0 amide bonds. The second-order valence-electron chi connectivity index (χ2n) is 3.30. The first kappa shape index (κ1) is 13.2. The van der Waals surface area contributed by atoms with Crippen LogP contribution in [0.2, 0.25) is 10.0 Å². The molecule has 0 aromatic heterocycles. The molecule has 0 saturated carbocycles. The quantitative estimate of drug-likeness (QED) is 0.806. The van der Waals surface area contributed by atoms with Crippen molar-refractivity contribution in [2.24, 2.45) is 5.73 Å². The zero-order chi connectivity index (χ0) is 11.3. The van der Waals surface area contributed by atoms with Gasteiger partial charge in [-0.3, -0.25) is 0 Å². The van der Waals surface area contributed by atoms with E-state index in [0.717, 1.165) is 27.8 Å². The van der Waals surface area contributed by atoms with Gasteiger partial charge in [0.15, 0.2) is 0 Å². The van der Waals surface area contributed by atoms with E-state index in [-0.39, 0.29) is 0 Å². The third-order valence-corrected chi connectivity index (χ3v) is 4.30. The summed E-state index contributed by atoms with van der Waals surface area (Å²) in [4.78, 5) is 1.05. The van der Waals surface area contributed by atoms with Crippen molar-refractivity contribution < 1.29 is 0 Å². The van der Waals surface area contributed by atoms with Crippen LogP contribution >= 0.6 is 35.0 Å². The molecule has 2 N–H and O–H groups in total. The number of hydrogen-bond acceptors (Lipinski definition) is 2. The molecule has 0 aliphatic carbocycles. The fourth-order valence-corrected chi connectivity index (χ4v) is 2.92. The summed E-state index contributed by atoms with van der Waals surface area (Å²) in [6.07, 6.45) is 2.09. The molecule has 1 aromatic rings. The fourth-order valence-electron chi connectivity index (χ4n) is 1.28. The van der Waals surface area contributed by atoms with Gasteiger partial charge in [0, 0.05) is 15.2 Å². The van der Waals surface area contributed by atoms with Gasteiger partial charge < -0.3 is 5.73 Å². The zero-order valence-corrected chi connectivity index (χ0v) is 11.0. The summed E-state index contributed by atoms with van der Waals surface area (Å²) in [5, 5.41) is 2.01. The largest absolute Gasteiger partial charge is 0.330 e. The van der Waals surface area contributed by atoms with Crippen molar-refractivity contribution in [3.63, 3.8) is 0 Å². The van der Waals surface area contributed by atoms with Crippen LogP contribution in [0.15, 0.2) is 23.1 Å². The van der Waals surface area contributed by atoms with E-state index in [2.05, 4.69) is 6.92 Å². The molecule has 84 valence electrons. The Hall–Kier alpha value is 0.110. The minimum atomic E-state index is 0.519. The second-order valence-corrected chi connectivity index (χ2v) is 5.49. The van der Waals surface area contributed by atoms with Crippen LogP contribution in [0.5, 0.6) is 0 Å². The molecule has 0 fully saturated rings. The molecule has 0 spiro atoms. The van der Waals surface area contributed by atoms with Crippen LogP contribution in [-0.4, -0.2) is 11.8 Å². The number of benzene rings is 1. The van der Waals surface area contributed by atoms with Gasteiger partial charge in [-0.15, -0.1) is 11.8 Å². The van der Waals surface area contributed by atoms with Gasteiger partial charge in [-0.25, -0.2) is 0 Å². The van der Waals surface area contributed by atoms with Crippen LogP contribution in [-0.2, 0) is 0 Å². The lowest BCUT2D eigenvalue weighted by molar-refractivity contribution is 0.745. The molecule has 1 rings (SSSR count). The van der Waals surface area contributed by atoms with E-state index in [9.17, 15) is 0 Å². The highest BCUT2D eigenvalue weighted by atomic mass is 35.5. The Morgan fingerprint density at radius 1 is 1.40 bits per heavy atom. The number of thioether (sulfide) groups is 1. The zero-order valence-electron chi connectivity index (χ0n) is 8.67. The van der Waals surface area contributed by atoms with Gasteiger partial charge >= 0.3 is 0 Å². The fraction of sp³-hybridized carbons (Fsp3) is 0.455. The molecule has 1 nitrogen and oxygen atoms in total. The van der Waals surface area contributed by atoms with Gasteiger partial charge in [-0.1, -0.05) is 30.1 Å². The monoisotopic (exact) mass is 263 g/mol. The highest BCUT2D eigenvalue weighted by Crippen LogP contribution is 2.34. The van der Waals surface area contributed by atoms with E-state index >= 15 is 0 Å². The topological polar surface area (TPSA) is 26.0 Å². The molecular weight excluding hydrogens is 249 g/mol. The summed E-state index contributed by atoms with van der Waals surface area (Å²) in [7, 11) is 0. The third kappa shape index (κ3) is 4.23. The predicted octanol–water partition coefficient (Wildman–Crippen LogP) is 4.21. The average molecular weight is 264 g/mol. The summed E-state index contributed by atoms with van der Waals surface area (Å²) in [6.45, 7) is 2.87. The average Bonchev–Trinajstić information content (AvgIpc) is 2.22. The molecule has 0 saturated heterocycles. The molecule has 0 heterocycles. The van der Waals surface area contributed by atoms with Gasteiger partial charge in [-0.05, 0) is 37.6 Å². The van der Waals surface area contributed by atoms with Gasteiger partial charge in [0.25, 0.3) is 0 Å². The van der Waals surface area contributed by atoms with Crippen LogP contribution in [0.25, 0.3) is 0 Å². The Kier molecular flexibility index (Phi) is 5.83. The maximum atomic E-state index is 6.09. The summed E-state index contributed by atoms with van der Waals surface area (Å²) in [5.74, 6) is 0. The van der Waals surface area contributed by atoms with Crippen molar-refractivity contribution in [2.75, 3.05) is 6.54 Å². The summed E-state index contributed by atoms with van der Waals surface area (Å²) < 4.78 is 0. The molecule has 15 heavy (non-hydrogen) atoms. The molecule has 0 radical (unpaired) electrons. The predicted molar refractivity (Wildman–Crippen MR) is 70.1 cm³/mol. The third-order valence-electron chi connectivity index (χ3n) is 2.13. The van der Waals surface area contributed by atoms with Crippen LogP contribution < -0.4 is 5.73 Å². The molecular formula is C11H15Cl2NS. The molecule has 0 aliphatic heterocycles. The molecule has 0 aliphatic rings. The SMILES string of the molecule is CCC(CCN)Sc1cc(Cl)ccc1Cl. The van der Waals surface area contributed by atoms with Crippen molar-refractivity contribution in [3.05, 3.63) is 28.2 Å². The van der Waals surface area contributed by atoms with Gasteiger partial charge in [0.05, 0.1) is 5.02 Å². The van der Waals surface area contributed by atoms with Gasteiger partial charge in [-0.2, -0.15) is 0 Å². The Labute approximate surface area is 105 Å². The molecule has 1 unspecified atom stereocenters. The van der Waals surface area contributed by atoms with Gasteiger partial charge in [0.1, 0.15) is 0 Å². The van der Waals surface area contributed by atoms with Crippen molar-refractivity contribution in [1.82, 2.24) is 0 Å². The Morgan fingerprint density at radius 2 is 2.13 bits per heavy atom. The smallest absolute Gasteiger partial charge is 0.0542 e. The lowest BCUT2D eigenvalue weighted by Crippen LogP contribution is -2.09. The minimum Gasteiger partial charge on any atom is -0.330 e. The number of hydrogen-bond donors (Lipinski definition) is 1.